The Balaban J connectivity index is 2.41. The van der Waals surface area contributed by atoms with Gasteiger partial charge in [-0.2, -0.15) is 0 Å². The maximum Gasteiger partial charge on any atom is 0.408 e. The highest BCUT2D eigenvalue weighted by Gasteiger charge is 2.36. The molecule has 8 heteroatoms. The van der Waals surface area contributed by atoms with Crippen molar-refractivity contribution >= 4 is 17.9 Å². The molecule has 3 N–H and O–H groups in total. The van der Waals surface area contributed by atoms with Crippen LogP contribution in [-0.2, 0) is 20.9 Å². The summed E-state index contributed by atoms with van der Waals surface area (Å²) in [5.41, 5.74) is 1.36. The smallest absolute Gasteiger partial charge is 0.408 e. The summed E-state index contributed by atoms with van der Waals surface area (Å²) >= 11 is 0. The quantitative estimate of drug-likeness (QED) is 0.423. The van der Waals surface area contributed by atoms with Crippen molar-refractivity contribution in [2.24, 2.45) is 5.92 Å². The second-order valence-electron chi connectivity index (χ2n) is 10.6. The number of nitrogens with one attached hydrogen (secondary N) is 2. The van der Waals surface area contributed by atoms with E-state index in [-0.39, 0.29) is 30.0 Å². The van der Waals surface area contributed by atoms with Crippen molar-refractivity contribution in [2.75, 3.05) is 6.54 Å². The summed E-state index contributed by atoms with van der Waals surface area (Å²) in [5, 5.41) is 15.7. The number of likely N-dealkylation sites (N-methyl/N-ethyl adjacent to an activating group) is 1. The molecule has 0 radical (unpaired) electrons. The second kappa shape index (κ2) is 13.1. The Morgan fingerprint density at radius 1 is 1.05 bits per heavy atom. The number of carbonyl (C=O) groups excluding carboxylic acids is 3. The highest BCUT2D eigenvalue weighted by atomic mass is 16.6. The van der Waals surface area contributed by atoms with Crippen LogP contribution in [0.5, 0.6) is 5.75 Å². The number of hydrogen-bond donors (Lipinski definition) is 3. The van der Waals surface area contributed by atoms with Crippen LogP contribution in [0.15, 0.2) is 48.5 Å². The van der Waals surface area contributed by atoms with Crippen LogP contribution >= 0.6 is 0 Å². The number of aromatic hydroxyl groups is 1. The number of rotatable bonds is 10. The summed E-state index contributed by atoms with van der Waals surface area (Å²) in [6.45, 7) is 13.2. The summed E-state index contributed by atoms with van der Waals surface area (Å²) in [6.07, 6.45) is -0.310. The first-order valence-corrected chi connectivity index (χ1v) is 12.7. The number of hydrogen-bond acceptors (Lipinski definition) is 5. The zero-order valence-electron chi connectivity index (χ0n) is 23.0. The number of phenols is 1. The van der Waals surface area contributed by atoms with Crippen molar-refractivity contribution in [3.63, 3.8) is 0 Å². The van der Waals surface area contributed by atoms with Crippen LogP contribution in [0.1, 0.15) is 70.7 Å². The number of alkyl carbamates (subject to hydrolysis) is 1. The van der Waals surface area contributed by atoms with Gasteiger partial charge in [-0.1, -0.05) is 50.2 Å². The molecular weight excluding hydrogens is 470 g/mol. The van der Waals surface area contributed by atoms with Crippen LogP contribution in [0, 0.1) is 12.8 Å². The highest BCUT2D eigenvalue weighted by molar-refractivity contribution is 5.92. The number of nitrogens with zero attached hydrogens (tertiary/aromatic N) is 1. The van der Waals surface area contributed by atoms with Crippen molar-refractivity contribution in [1.29, 1.82) is 0 Å². The van der Waals surface area contributed by atoms with E-state index >= 15 is 0 Å². The third kappa shape index (κ3) is 9.12. The van der Waals surface area contributed by atoms with Gasteiger partial charge < -0.3 is 25.4 Å². The lowest BCUT2D eigenvalue weighted by molar-refractivity contribution is -0.142. The maximum absolute atomic E-state index is 13.9. The summed E-state index contributed by atoms with van der Waals surface area (Å²) in [6, 6.07) is 12.5. The monoisotopic (exact) mass is 511 g/mol. The predicted molar refractivity (Wildman–Crippen MR) is 144 cm³/mol. The maximum atomic E-state index is 13.9. The van der Waals surface area contributed by atoms with Crippen LogP contribution in [0.3, 0.4) is 0 Å². The Kier molecular flexibility index (Phi) is 10.5. The molecule has 0 aliphatic heterocycles. The molecule has 0 heterocycles. The number of benzene rings is 2. The molecule has 0 aliphatic rings. The summed E-state index contributed by atoms with van der Waals surface area (Å²) < 4.78 is 5.39. The first kappa shape index (κ1) is 29.7. The van der Waals surface area contributed by atoms with Gasteiger partial charge in [0, 0.05) is 13.1 Å². The largest absolute Gasteiger partial charge is 0.508 e. The van der Waals surface area contributed by atoms with Gasteiger partial charge >= 0.3 is 6.09 Å². The van der Waals surface area contributed by atoms with Gasteiger partial charge in [0.25, 0.3) is 0 Å². The average molecular weight is 512 g/mol. The Hall–Kier alpha value is -3.55. The van der Waals surface area contributed by atoms with E-state index in [9.17, 15) is 19.5 Å². The topological polar surface area (TPSA) is 108 Å². The van der Waals surface area contributed by atoms with E-state index < -0.39 is 23.8 Å². The zero-order valence-corrected chi connectivity index (χ0v) is 23.0. The molecule has 37 heavy (non-hydrogen) atoms. The van der Waals surface area contributed by atoms with Crippen molar-refractivity contribution in [1.82, 2.24) is 15.5 Å². The van der Waals surface area contributed by atoms with E-state index in [0.717, 1.165) is 5.56 Å². The summed E-state index contributed by atoms with van der Waals surface area (Å²) in [5.74, 6) is -0.535. The Labute approximate surface area is 220 Å². The van der Waals surface area contributed by atoms with Crippen LogP contribution < -0.4 is 10.6 Å². The van der Waals surface area contributed by atoms with Gasteiger partial charge in [0.1, 0.15) is 23.4 Å². The fraction of sp³-hybridized carbons (Fsp3) is 0.483. The minimum Gasteiger partial charge on any atom is -0.508 e. The molecule has 2 rings (SSSR count). The second-order valence-corrected chi connectivity index (χ2v) is 10.6. The predicted octanol–water partition coefficient (Wildman–Crippen LogP) is 4.85. The Morgan fingerprint density at radius 3 is 2.24 bits per heavy atom. The fourth-order valence-corrected chi connectivity index (χ4v) is 4.01. The molecule has 0 fully saturated rings. The van der Waals surface area contributed by atoms with E-state index in [0.29, 0.717) is 24.1 Å². The highest BCUT2D eigenvalue weighted by Crippen LogP contribution is 2.27. The van der Waals surface area contributed by atoms with E-state index in [2.05, 4.69) is 10.6 Å². The van der Waals surface area contributed by atoms with Gasteiger partial charge in [-0.3, -0.25) is 9.59 Å². The number of ether oxygens (including phenoxy) is 1. The normalized spacial score (nSPS) is 13.0. The molecule has 2 aromatic rings. The lowest BCUT2D eigenvalue weighted by Crippen LogP contribution is -2.53. The molecular formula is C29H41N3O5. The number of aryl methyl sites for hydroxylation is 1. The van der Waals surface area contributed by atoms with Crippen molar-refractivity contribution in [2.45, 2.75) is 79.1 Å². The van der Waals surface area contributed by atoms with Crippen molar-refractivity contribution < 1.29 is 24.2 Å². The minimum atomic E-state index is -0.962. The van der Waals surface area contributed by atoms with Crippen LogP contribution in [0.2, 0.25) is 0 Å². The summed E-state index contributed by atoms with van der Waals surface area (Å²) in [7, 11) is 0. The van der Waals surface area contributed by atoms with Crippen LogP contribution in [0.25, 0.3) is 0 Å². The minimum absolute atomic E-state index is 0.101. The van der Waals surface area contributed by atoms with E-state index in [1.807, 2.05) is 44.2 Å². The number of carbonyl (C=O) groups is 3. The molecule has 0 saturated carbocycles. The molecule has 0 saturated heterocycles. The fourth-order valence-electron chi connectivity index (χ4n) is 4.01. The summed E-state index contributed by atoms with van der Waals surface area (Å²) in [4.78, 5) is 41.5. The Bertz CT molecular complexity index is 1060. The van der Waals surface area contributed by atoms with Crippen LogP contribution in [-0.4, -0.2) is 46.1 Å². The Morgan fingerprint density at radius 2 is 1.70 bits per heavy atom. The molecule has 2 atom stereocenters. The standard InChI is InChI=1S/C29H41N3O5/c1-8-32(27(35)23(16-19(2)3)31-28(36)37-29(5,6)7)25(22-14-15-24(33)20(4)17-22)26(34)30-18-21-12-10-9-11-13-21/h9-15,17,19,23,25,33H,8,16,18H2,1-7H3,(H,30,34)(H,31,36). The van der Waals surface area contributed by atoms with Gasteiger partial charge in [-0.05, 0) is 75.8 Å². The lowest BCUT2D eigenvalue weighted by Gasteiger charge is -2.34. The van der Waals surface area contributed by atoms with Crippen LogP contribution in [0.4, 0.5) is 4.79 Å². The third-order valence-corrected chi connectivity index (χ3v) is 5.73. The molecule has 8 nitrogen and oxygen atoms in total. The molecule has 2 unspecified atom stereocenters. The molecule has 0 spiro atoms. The molecule has 2 aromatic carbocycles. The van der Waals surface area contributed by atoms with Gasteiger partial charge in [0.15, 0.2) is 0 Å². The number of phenolic OH excluding ortho intramolecular Hbond substituents is 1. The first-order chi connectivity index (χ1) is 17.3. The van der Waals surface area contributed by atoms with Gasteiger partial charge in [-0.15, -0.1) is 0 Å². The van der Waals surface area contributed by atoms with Gasteiger partial charge in [-0.25, -0.2) is 4.79 Å². The van der Waals surface area contributed by atoms with Crippen molar-refractivity contribution in [3.05, 3.63) is 65.2 Å². The van der Waals surface area contributed by atoms with E-state index in [1.165, 1.54) is 11.0 Å². The third-order valence-electron chi connectivity index (χ3n) is 5.73. The van der Waals surface area contributed by atoms with Crippen molar-refractivity contribution in [3.8, 4) is 5.75 Å². The number of amides is 3. The van der Waals surface area contributed by atoms with Gasteiger partial charge in [0.05, 0.1) is 0 Å². The molecule has 0 aliphatic carbocycles. The molecule has 0 aromatic heterocycles. The average Bonchev–Trinajstić information content (AvgIpc) is 2.81. The molecule has 202 valence electrons. The van der Waals surface area contributed by atoms with E-state index in [4.69, 9.17) is 4.74 Å². The molecule has 0 bridgehead atoms. The lowest BCUT2D eigenvalue weighted by atomic mass is 9.98. The van der Waals surface area contributed by atoms with Gasteiger partial charge in [0.2, 0.25) is 11.8 Å². The first-order valence-electron chi connectivity index (χ1n) is 12.7. The zero-order chi connectivity index (χ0) is 27.8. The molecule has 3 amide bonds. The van der Waals surface area contributed by atoms with E-state index in [1.54, 1.807) is 46.8 Å². The SMILES string of the molecule is CCN(C(=O)C(CC(C)C)NC(=O)OC(C)(C)C)C(C(=O)NCc1ccccc1)c1ccc(O)c(C)c1.